The molecular weight excluding hydrogens is 1130 g/mol. The lowest BCUT2D eigenvalue weighted by Gasteiger charge is -2.36. The minimum absolute atomic E-state index is 0.0690. The van der Waals surface area contributed by atoms with Gasteiger partial charge in [-0.25, -0.2) is 43.1 Å². The summed E-state index contributed by atoms with van der Waals surface area (Å²) in [6.45, 7) is 17.4. The summed E-state index contributed by atoms with van der Waals surface area (Å²) in [5.74, 6) is 1.30. The number of carbonyl (C=O) groups excluding carboxylic acids is 4. The molecule has 23 nitrogen and oxygen atoms in total. The van der Waals surface area contributed by atoms with Crippen LogP contribution in [0.15, 0.2) is 72.4 Å². The largest absolute Gasteiger partial charge is 0.492 e. The molecule has 4 amide bonds. The Bertz CT molecular complexity index is 3580. The van der Waals surface area contributed by atoms with E-state index in [4.69, 9.17) is 24.2 Å². The number of ether oxygens (including phenoxy) is 3. The van der Waals surface area contributed by atoms with Gasteiger partial charge in [-0.1, -0.05) is 43.5 Å². The number of likely N-dealkylation sites (N-methyl/N-ethyl adjacent to an activating group) is 1. The van der Waals surface area contributed by atoms with Gasteiger partial charge in [-0.3, -0.25) is 24.4 Å². The van der Waals surface area contributed by atoms with E-state index in [-0.39, 0.29) is 53.3 Å². The topological polar surface area (TPSA) is 282 Å². The van der Waals surface area contributed by atoms with Crippen LogP contribution in [0.2, 0.25) is 0 Å². The molecule has 0 bridgehead atoms. The Morgan fingerprint density at radius 2 is 1.56 bits per heavy atom. The number of benzene rings is 2. The molecule has 6 aromatic rings. The number of aromatic amines is 1. The van der Waals surface area contributed by atoms with Crippen LogP contribution in [0.1, 0.15) is 141 Å². The number of hydrogen-bond acceptors (Lipinski definition) is 18. The number of hydrogen-bond donors (Lipinski definition) is 4. The molecule has 1 saturated carbocycles. The maximum atomic E-state index is 15.2. The molecular formula is C63H82N14O9S. The summed E-state index contributed by atoms with van der Waals surface area (Å²) in [6.07, 6.45) is 15.2. The van der Waals surface area contributed by atoms with Crippen molar-refractivity contribution in [3.63, 3.8) is 0 Å². The second-order valence-electron chi connectivity index (χ2n) is 25.6. The zero-order valence-electron chi connectivity index (χ0n) is 51.6. The number of carbonyl (C=O) groups is 4. The number of fused-ring (bicyclic) bond motifs is 2. The molecule has 6 heterocycles. The number of H-pyrrole nitrogens is 1. The lowest BCUT2D eigenvalue weighted by atomic mass is 9.83. The third kappa shape index (κ3) is 14.1. The number of piperidine rings is 1. The lowest BCUT2D eigenvalue weighted by molar-refractivity contribution is -0.143. The first-order valence-corrected chi connectivity index (χ1v) is 31.9. The molecule has 4 N–H and O–H groups in total. The van der Waals surface area contributed by atoms with Crippen LogP contribution in [0.25, 0.3) is 22.3 Å². The van der Waals surface area contributed by atoms with Crippen molar-refractivity contribution in [2.24, 2.45) is 11.8 Å². The fraction of sp³-hybridized carbons (Fsp3) is 0.540. The monoisotopic (exact) mass is 1210 g/mol. The molecule has 0 spiro atoms. The molecule has 2 saturated heterocycles. The third-order valence-corrected chi connectivity index (χ3v) is 19.9. The average molecular weight is 1210 g/mol. The van der Waals surface area contributed by atoms with Crippen molar-refractivity contribution in [2.45, 2.75) is 178 Å². The quantitative estimate of drug-likeness (QED) is 0.0664. The van der Waals surface area contributed by atoms with Gasteiger partial charge in [-0.2, -0.15) is 5.10 Å². The van der Waals surface area contributed by atoms with Crippen molar-refractivity contribution in [1.29, 1.82) is 0 Å². The number of rotatable bonds is 17. The van der Waals surface area contributed by atoms with Gasteiger partial charge in [-0.15, -0.1) is 0 Å². The first-order chi connectivity index (χ1) is 41.4. The van der Waals surface area contributed by atoms with Gasteiger partial charge >= 0.3 is 6.09 Å². The van der Waals surface area contributed by atoms with Crippen molar-refractivity contribution in [1.82, 2.24) is 60.5 Å². The van der Waals surface area contributed by atoms with Gasteiger partial charge in [0.2, 0.25) is 23.7 Å². The minimum atomic E-state index is -3.87. The van der Waals surface area contributed by atoms with Crippen LogP contribution in [0.4, 0.5) is 22.4 Å². The highest BCUT2D eigenvalue weighted by Gasteiger charge is 2.46. The van der Waals surface area contributed by atoms with Gasteiger partial charge in [0, 0.05) is 61.7 Å². The maximum absolute atomic E-state index is 15.2. The van der Waals surface area contributed by atoms with Crippen LogP contribution in [0.3, 0.4) is 0 Å². The van der Waals surface area contributed by atoms with E-state index in [1.165, 1.54) is 23.8 Å². The first-order valence-electron chi connectivity index (χ1n) is 30.4. The summed E-state index contributed by atoms with van der Waals surface area (Å²) in [6, 6.07) is 8.36. The Balaban J connectivity index is 0.789. The summed E-state index contributed by atoms with van der Waals surface area (Å²) in [7, 11) is -2.37. The van der Waals surface area contributed by atoms with Gasteiger partial charge in [0.05, 0.1) is 47.4 Å². The normalized spacial score (nSPS) is 19.4. The molecule has 10 rings (SSSR count). The second kappa shape index (κ2) is 25.7. The third-order valence-electron chi connectivity index (χ3n) is 17.3. The first kappa shape index (κ1) is 62.0. The van der Waals surface area contributed by atoms with Gasteiger partial charge in [0.15, 0.2) is 27.2 Å². The highest BCUT2D eigenvalue weighted by Crippen LogP contribution is 2.39. The number of likely N-dealkylation sites (tertiary alicyclic amines) is 1. The van der Waals surface area contributed by atoms with Crippen LogP contribution in [0.5, 0.6) is 11.5 Å². The molecule has 87 heavy (non-hydrogen) atoms. The Morgan fingerprint density at radius 1 is 0.851 bits per heavy atom. The van der Waals surface area contributed by atoms with E-state index >= 15 is 4.79 Å². The van der Waals surface area contributed by atoms with Crippen LogP contribution < -0.4 is 30.3 Å². The number of nitrogens with one attached hydrogen (secondary N) is 4. The molecule has 464 valence electrons. The number of sulfone groups is 1. The molecule has 4 aromatic heterocycles. The number of nitrogens with zero attached hydrogens (tertiary/aromatic N) is 10. The molecule has 2 aromatic carbocycles. The van der Waals surface area contributed by atoms with E-state index in [0.29, 0.717) is 65.3 Å². The van der Waals surface area contributed by atoms with E-state index in [1.54, 1.807) is 90.3 Å². The Kier molecular flexibility index (Phi) is 18.4. The fourth-order valence-electron chi connectivity index (χ4n) is 11.9. The summed E-state index contributed by atoms with van der Waals surface area (Å²) >= 11 is 0. The summed E-state index contributed by atoms with van der Waals surface area (Å²) in [4.78, 5) is 89.4. The SMILES string of the molecule is Cc1[nH]nc(Nc2ncnc3cc(OCC4CCN(c5ncc(-c6ncc(O[C@H]7C[C@@H](C(=O)N[C@@H]8CCCc9ccccc98)N(C(=O)[C@@H](NC(=O)[C@H](C)N(C)C(=O)OC(C)(C)C)C8CCCCC8)C7)cn6)cn5)CC4)c(S(=O)(=O)C(C)(C)C)cc23)c1C. The van der Waals surface area contributed by atoms with E-state index in [0.717, 1.165) is 81.0 Å². The molecule has 5 atom stereocenters. The van der Waals surface area contributed by atoms with Crippen LogP contribution >= 0.6 is 0 Å². The summed E-state index contributed by atoms with van der Waals surface area (Å²) in [5, 5.41) is 17.4. The van der Waals surface area contributed by atoms with Crippen molar-refractivity contribution >= 4 is 62.1 Å². The molecule has 0 unspecified atom stereocenters. The molecule has 24 heteroatoms. The molecule has 2 aliphatic carbocycles. The zero-order valence-corrected chi connectivity index (χ0v) is 52.4. The van der Waals surface area contributed by atoms with E-state index < -0.39 is 56.4 Å². The predicted octanol–water partition coefficient (Wildman–Crippen LogP) is 8.69. The average Bonchev–Trinajstić information content (AvgIpc) is 1.15. The van der Waals surface area contributed by atoms with E-state index in [2.05, 4.69) is 57.0 Å². The maximum Gasteiger partial charge on any atom is 0.410 e. The number of aryl methyl sites for hydroxylation is 2. The smallest absolute Gasteiger partial charge is 0.410 e. The fourth-order valence-corrected chi connectivity index (χ4v) is 13.2. The summed E-state index contributed by atoms with van der Waals surface area (Å²) < 4.78 is 45.6. The standard InChI is InChI=1S/C63H82N14O9S/c1-37-38(2)73-74-54(37)72-56-47-28-52(87(82,83)63(7,8)9)51(29-49(47)68-36-69-56)84-35-40-23-25-76(26-24-40)60-66-30-43(31-67-60)55-64-32-45(33-65-55)85-44-27-50(58(79)70-48-22-16-20-41-17-14-15-21-46(41)48)77(34-44)59(80)53(42-18-12-11-13-19-42)71-57(78)39(3)75(10)61(81)86-62(4,5)6/h14-15,17,21,28-33,36,39-40,42,44,48,50,53H,11-13,16,18-20,22-27,34-35H2,1-10H3,(H,70,79)(H,71,78)(H2,68,69,72,73,74)/t39-,44-,48+,50-,53-/m0/s1. The molecule has 4 aliphatic rings. The lowest BCUT2D eigenvalue weighted by Crippen LogP contribution is -2.59. The zero-order chi connectivity index (χ0) is 62.0. The van der Waals surface area contributed by atoms with Crippen molar-refractivity contribution < 1.29 is 41.8 Å². The number of aromatic nitrogens is 8. The van der Waals surface area contributed by atoms with Crippen molar-refractivity contribution in [2.75, 3.05) is 43.5 Å². The van der Waals surface area contributed by atoms with Gasteiger partial charge in [0.1, 0.15) is 52.6 Å². The molecule has 2 aliphatic heterocycles. The van der Waals surface area contributed by atoms with Crippen LogP contribution in [-0.4, -0.2) is 150 Å². The van der Waals surface area contributed by atoms with E-state index in [9.17, 15) is 22.8 Å². The van der Waals surface area contributed by atoms with Crippen LogP contribution in [0, 0.1) is 25.7 Å². The highest BCUT2D eigenvalue weighted by atomic mass is 32.2. The van der Waals surface area contributed by atoms with Gasteiger partial charge in [0.25, 0.3) is 0 Å². The summed E-state index contributed by atoms with van der Waals surface area (Å²) in [5.41, 5.74) is 4.42. The van der Waals surface area contributed by atoms with Gasteiger partial charge < -0.3 is 40.0 Å². The van der Waals surface area contributed by atoms with Crippen LogP contribution in [-0.2, 0) is 35.4 Å². The minimum Gasteiger partial charge on any atom is -0.492 e. The van der Waals surface area contributed by atoms with E-state index in [1.807, 2.05) is 32.0 Å². The number of amides is 4. The molecule has 0 radical (unpaired) electrons. The Morgan fingerprint density at radius 3 is 2.24 bits per heavy atom. The highest BCUT2D eigenvalue weighted by molar-refractivity contribution is 7.92. The predicted molar refractivity (Wildman–Crippen MR) is 328 cm³/mol. The van der Waals surface area contributed by atoms with Crippen molar-refractivity contribution in [3.8, 4) is 22.9 Å². The second-order valence-corrected chi connectivity index (χ2v) is 28.3. The van der Waals surface area contributed by atoms with Gasteiger partial charge in [-0.05, 0) is 136 Å². The van der Waals surface area contributed by atoms with Crippen molar-refractivity contribution in [3.05, 3.63) is 89.9 Å². The Hall–Kier alpha value is -8.02. The molecule has 3 fully saturated rings. The number of anilines is 3. The Labute approximate surface area is 508 Å².